The molecule has 1 atom stereocenters. The lowest BCUT2D eigenvalue weighted by Gasteiger charge is -2.00. The summed E-state index contributed by atoms with van der Waals surface area (Å²) in [7, 11) is 7.85. The fourth-order valence-electron chi connectivity index (χ4n) is 0.957. The van der Waals surface area contributed by atoms with Crippen molar-refractivity contribution in [1.29, 1.82) is 0 Å². The van der Waals surface area contributed by atoms with Crippen molar-refractivity contribution in [2.45, 2.75) is 13.1 Å². The number of hydrogen-bond donors (Lipinski definition) is 0. The normalized spacial score (nSPS) is 11.7. The Morgan fingerprint density at radius 3 is 2.42 bits per heavy atom. The van der Waals surface area contributed by atoms with Gasteiger partial charge in [-0.2, -0.15) is 0 Å². The Morgan fingerprint density at radius 1 is 1.42 bits per heavy atom. The first kappa shape index (κ1) is 9.47. The quantitative estimate of drug-likeness (QED) is 0.370. The Balaban J connectivity index is 2.92. The Bertz CT molecular complexity index is 279. The van der Waals surface area contributed by atoms with Crippen LogP contribution in [0.15, 0.2) is 29.2 Å². The molecule has 1 aromatic carbocycles. The van der Waals surface area contributed by atoms with Crippen molar-refractivity contribution in [1.82, 2.24) is 0 Å². The van der Waals surface area contributed by atoms with Crippen LogP contribution >= 0.6 is 9.24 Å². The van der Waals surface area contributed by atoms with Crippen LogP contribution in [0.2, 0.25) is 0 Å². The van der Waals surface area contributed by atoms with E-state index in [1.807, 2.05) is 19.1 Å². The van der Waals surface area contributed by atoms with Crippen molar-refractivity contribution in [3.05, 3.63) is 35.4 Å². The van der Waals surface area contributed by atoms with Gasteiger partial charge in [0.05, 0.1) is 0 Å². The molecular formula is C9H11BNP. The van der Waals surface area contributed by atoms with E-state index in [-0.39, 0.29) is 0 Å². The largest absolute Gasteiger partial charge is 0.360 e. The molecule has 1 rings (SSSR count). The average Bonchev–Trinajstić information content (AvgIpc) is 2.17. The fourth-order valence-corrected chi connectivity index (χ4v) is 1.23. The molecule has 60 valence electrons. The predicted octanol–water partition coefficient (Wildman–Crippen LogP) is 1.95. The van der Waals surface area contributed by atoms with Gasteiger partial charge in [0.1, 0.15) is 0 Å². The van der Waals surface area contributed by atoms with Crippen LogP contribution in [0.1, 0.15) is 18.1 Å². The molecule has 0 aromatic heterocycles. The maximum atomic E-state index is 5.16. The summed E-state index contributed by atoms with van der Waals surface area (Å²) in [5.74, 6) is 0. The second-order valence-electron chi connectivity index (χ2n) is 2.62. The smallest absolute Gasteiger partial charge is 0.259 e. The summed E-state index contributed by atoms with van der Waals surface area (Å²) in [5.41, 5.74) is 3.25. The summed E-state index contributed by atoms with van der Waals surface area (Å²) in [6.07, 6.45) is 0.985. The topological polar surface area (TPSA) is 12.4 Å². The molecule has 1 aromatic rings. The number of hydrogen-bond acceptors (Lipinski definition) is 1. The van der Waals surface area contributed by atoms with E-state index in [2.05, 4.69) is 26.3 Å². The molecule has 0 spiro atoms. The van der Waals surface area contributed by atoms with E-state index in [1.54, 1.807) is 0 Å². The molecular weight excluding hydrogens is 164 g/mol. The molecule has 2 radical (unpaired) electrons. The summed E-state index contributed by atoms with van der Waals surface area (Å²) in [6, 6.07) is 8.23. The Kier molecular flexibility index (Phi) is 3.49. The van der Waals surface area contributed by atoms with Crippen molar-refractivity contribution in [3.63, 3.8) is 0 Å². The minimum atomic E-state index is 0.866. The van der Waals surface area contributed by atoms with Crippen LogP contribution in [-0.4, -0.2) is 13.7 Å². The number of rotatable bonds is 2. The van der Waals surface area contributed by atoms with Crippen molar-refractivity contribution >= 4 is 22.9 Å². The highest BCUT2D eigenvalue weighted by atomic mass is 31.0. The summed E-state index contributed by atoms with van der Waals surface area (Å²) < 4.78 is 0. The van der Waals surface area contributed by atoms with Gasteiger partial charge in [-0.3, -0.25) is 0 Å². The van der Waals surface area contributed by atoms with Crippen LogP contribution in [-0.2, 0) is 6.16 Å². The van der Waals surface area contributed by atoms with Crippen molar-refractivity contribution in [3.8, 4) is 0 Å². The van der Waals surface area contributed by atoms with Gasteiger partial charge in [-0.1, -0.05) is 24.3 Å². The SMILES string of the molecule is [B]/N=C(\C)c1ccc(CP)cc1. The molecule has 0 aliphatic carbocycles. The molecule has 0 aliphatic rings. The zero-order valence-corrected chi connectivity index (χ0v) is 8.27. The molecule has 3 heteroatoms. The second kappa shape index (κ2) is 4.42. The third-order valence-corrected chi connectivity index (χ3v) is 2.27. The molecule has 0 saturated carbocycles. The summed E-state index contributed by atoms with van der Waals surface area (Å²) in [6.45, 7) is 1.90. The van der Waals surface area contributed by atoms with Crippen molar-refractivity contribution < 1.29 is 0 Å². The Hall–Kier alpha value is -0.615. The first-order valence-corrected chi connectivity index (χ1v) is 4.63. The maximum Gasteiger partial charge on any atom is 0.259 e. The minimum Gasteiger partial charge on any atom is -0.360 e. The molecule has 0 saturated heterocycles. The third-order valence-electron chi connectivity index (χ3n) is 1.80. The van der Waals surface area contributed by atoms with E-state index < -0.39 is 0 Å². The molecule has 1 unspecified atom stereocenters. The predicted molar refractivity (Wildman–Crippen MR) is 57.8 cm³/mol. The van der Waals surface area contributed by atoms with Crippen LogP contribution in [0.3, 0.4) is 0 Å². The van der Waals surface area contributed by atoms with Gasteiger partial charge in [-0.15, -0.1) is 9.24 Å². The van der Waals surface area contributed by atoms with Crippen LogP contribution in [0.25, 0.3) is 0 Å². The summed E-state index contributed by atoms with van der Waals surface area (Å²) in [4.78, 5) is 3.63. The zero-order valence-electron chi connectivity index (χ0n) is 7.12. The van der Waals surface area contributed by atoms with Gasteiger partial charge in [0, 0.05) is 5.71 Å². The first-order chi connectivity index (χ1) is 5.77. The van der Waals surface area contributed by atoms with Gasteiger partial charge < -0.3 is 4.90 Å². The molecule has 1 nitrogen and oxygen atoms in total. The second-order valence-corrected chi connectivity index (χ2v) is 3.02. The molecule has 0 heterocycles. The van der Waals surface area contributed by atoms with Crippen LogP contribution < -0.4 is 0 Å². The standard InChI is InChI=1S/C9H11BNP/c1-7(11-10)9-4-2-8(6-12)3-5-9/h2-5H,6,12H2,1H3/b11-7+. The molecule has 0 bridgehead atoms. The highest BCUT2D eigenvalue weighted by Gasteiger charge is 1.94. The Labute approximate surface area is 76.9 Å². The fraction of sp³-hybridized carbons (Fsp3) is 0.222. The third kappa shape index (κ3) is 2.18. The van der Waals surface area contributed by atoms with Crippen LogP contribution in [0.4, 0.5) is 0 Å². The molecule has 0 fully saturated rings. The van der Waals surface area contributed by atoms with Gasteiger partial charge in [0.2, 0.25) is 0 Å². The van der Waals surface area contributed by atoms with E-state index >= 15 is 0 Å². The lowest BCUT2D eigenvalue weighted by molar-refractivity contribution is 1.41. The Morgan fingerprint density at radius 2 is 2.00 bits per heavy atom. The monoisotopic (exact) mass is 175 g/mol. The average molecular weight is 175 g/mol. The van der Waals surface area contributed by atoms with E-state index in [0.29, 0.717) is 0 Å². The highest BCUT2D eigenvalue weighted by molar-refractivity contribution is 7.15. The summed E-state index contributed by atoms with van der Waals surface area (Å²) in [5, 5.41) is 0. The lowest BCUT2D eigenvalue weighted by Crippen LogP contribution is -1.93. The van der Waals surface area contributed by atoms with Gasteiger partial charge >= 0.3 is 0 Å². The maximum absolute atomic E-state index is 5.16. The van der Waals surface area contributed by atoms with Crippen LogP contribution in [0.5, 0.6) is 0 Å². The van der Waals surface area contributed by atoms with Crippen molar-refractivity contribution in [2.24, 2.45) is 4.90 Å². The molecule has 0 aliphatic heterocycles. The van der Waals surface area contributed by atoms with Gasteiger partial charge in [-0.25, -0.2) is 0 Å². The molecule has 0 amide bonds. The van der Waals surface area contributed by atoms with E-state index in [1.165, 1.54) is 5.56 Å². The molecule has 0 N–H and O–H groups in total. The zero-order chi connectivity index (χ0) is 8.97. The minimum absolute atomic E-state index is 0.866. The van der Waals surface area contributed by atoms with Gasteiger partial charge in [0.25, 0.3) is 7.98 Å². The van der Waals surface area contributed by atoms with E-state index in [0.717, 1.165) is 17.4 Å². The van der Waals surface area contributed by atoms with Gasteiger partial charge in [0.15, 0.2) is 0 Å². The van der Waals surface area contributed by atoms with Crippen LogP contribution in [0, 0.1) is 0 Å². The number of benzene rings is 1. The number of nitrogens with zero attached hydrogens (tertiary/aromatic N) is 1. The van der Waals surface area contributed by atoms with Gasteiger partial charge in [-0.05, 0) is 24.2 Å². The highest BCUT2D eigenvalue weighted by Crippen LogP contribution is 2.08. The first-order valence-electron chi connectivity index (χ1n) is 3.81. The summed E-state index contributed by atoms with van der Waals surface area (Å²) >= 11 is 0. The van der Waals surface area contributed by atoms with Crippen molar-refractivity contribution in [2.75, 3.05) is 0 Å². The van der Waals surface area contributed by atoms with E-state index in [4.69, 9.17) is 7.98 Å². The molecule has 12 heavy (non-hydrogen) atoms. The lowest BCUT2D eigenvalue weighted by atomic mass is 10.1. The van der Waals surface area contributed by atoms with E-state index in [9.17, 15) is 0 Å².